The van der Waals surface area contributed by atoms with E-state index in [4.69, 9.17) is 5.73 Å². The summed E-state index contributed by atoms with van der Waals surface area (Å²) in [6, 6.07) is -2.02. The molecule has 4 rings (SSSR count). The second-order valence-corrected chi connectivity index (χ2v) is 9.78. The van der Waals surface area contributed by atoms with E-state index >= 15 is 0 Å². The van der Waals surface area contributed by atoms with Gasteiger partial charge in [-0.25, -0.2) is 0 Å². The molecule has 1 saturated carbocycles. The fourth-order valence-electron chi connectivity index (χ4n) is 5.84. The zero-order valence-corrected chi connectivity index (χ0v) is 20.0. The van der Waals surface area contributed by atoms with Crippen LogP contribution in [0.25, 0.3) is 5.76 Å². The summed E-state index contributed by atoms with van der Waals surface area (Å²) in [6.07, 6.45) is -0.0560. The average Bonchev–Trinajstić information content (AvgIpc) is 2.75. The van der Waals surface area contributed by atoms with Gasteiger partial charge in [0.05, 0.1) is 17.2 Å². The number of ketones is 2. The standard InChI is InChI=1S/C24H26FN3O8/c1-27(2)12-7-10(22(25)34)17(29)14-9(12)5-8-6-11-16(28(3)4)19(31)15(23(26)35)21(33)24(11,36)20(32)13(8)18(14)30/h7-8,11,16,29-30,33,36H,5-6H2,1-4H3,(H2,26,35)/t8-,11-,16-,24-/m0/s1. The summed E-state index contributed by atoms with van der Waals surface area (Å²) >= 11 is 0. The molecule has 6 N–H and O–H groups in total. The molecule has 0 aromatic heterocycles. The summed E-state index contributed by atoms with van der Waals surface area (Å²) in [6.45, 7) is 0. The van der Waals surface area contributed by atoms with Gasteiger partial charge in [-0.3, -0.25) is 24.1 Å². The number of phenolic OH excluding ortho intramolecular Hbond substituents is 1. The lowest BCUT2D eigenvalue weighted by atomic mass is 9.57. The van der Waals surface area contributed by atoms with Crippen LogP contribution in [0.3, 0.4) is 0 Å². The highest BCUT2D eigenvalue weighted by Gasteiger charge is 2.64. The fraction of sp³-hybridized carbons (Fsp3) is 0.417. The third-order valence-electron chi connectivity index (χ3n) is 7.39. The molecule has 3 aliphatic rings. The molecule has 0 unspecified atom stereocenters. The number of carbonyl (C=O) groups is 4. The summed E-state index contributed by atoms with van der Waals surface area (Å²) in [4.78, 5) is 53.3. The van der Waals surface area contributed by atoms with Crippen molar-refractivity contribution in [3.63, 3.8) is 0 Å². The van der Waals surface area contributed by atoms with E-state index in [0.29, 0.717) is 11.3 Å². The normalized spacial score (nSPS) is 27.6. The van der Waals surface area contributed by atoms with E-state index in [0.717, 1.165) is 6.07 Å². The van der Waals surface area contributed by atoms with E-state index < -0.39 is 75.4 Å². The van der Waals surface area contributed by atoms with Crippen molar-refractivity contribution in [2.45, 2.75) is 24.5 Å². The van der Waals surface area contributed by atoms with Gasteiger partial charge in [0.1, 0.15) is 22.8 Å². The van der Waals surface area contributed by atoms with Gasteiger partial charge in [0.25, 0.3) is 5.91 Å². The monoisotopic (exact) mass is 503 g/mol. The Morgan fingerprint density at radius 2 is 1.75 bits per heavy atom. The van der Waals surface area contributed by atoms with Crippen LogP contribution in [0.5, 0.6) is 5.75 Å². The average molecular weight is 503 g/mol. The molecular formula is C24H26FN3O8. The van der Waals surface area contributed by atoms with Crippen molar-refractivity contribution in [2.24, 2.45) is 17.6 Å². The molecule has 1 fully saturated rings. The molecule has 192 valence electrons. The van der Waals surface area contributed by atoms with Crippen molar-refractivity contribution >= 4 is 35.0 Å². The summed E-state index contributed by atoms with van der Waals surface area (Å²) in [5.41, 5.74) is 0.768. The number of aromatic hydroxyl groups is 1. The van der Waals surface area contributed by atoms with Gasteiger partial charge in [-0.2, -0.15) is 4.39 Å². The topological polar surface area (TPSA) is 182 Å². The first-order chi connectivity index (χ1) is 16.7. The minimum atomic E-state index is -2.78. The zero-order chi connectivity index (χ0) is 27.0. The quantitative estimate of drug-likeness (QED) is 0.280. The van der Waals surface area contributed by atoms with Crippen molar-refractivity contribution in [2.75, 3.05) is 33.1 Å². The van der Waals surface area contributed by atoms with Crippen LogP contribution in [0.1, 0.15) is 27.9 Å². The van der Waals surface area contributed by atoms with Crippen molar-refractivity contribution in [3.8, 4) is 5.75 Å². The van der Waals surface area contributed by atoms with Gasteiger partial charge in [0.15, 0.2) is 11.4 Å². The number of halogens is 1. The number of fused-ring (bicyclic) bond motifs is 3. The van der Waals surface area contributed by atoms with Crippen LogP contribution in [0.4, 0.5) is 10.1 Å². The number of likely N-dealkylation sites (N-methyl/N-ethyl adjacent to an activating group) is 1. The number of primary amides is 1. The van der Waals surface area contributed by atoms with Crippen molar-refractivity contribution in [1.82, 2.24) is 4.90 Å². The Hall–Kier alpha value is -3.77. The predicted octanol–water partition coefficient (Wildman–Crippen LogP) is 0.140. The van der Waals surface area contributed by atoms with Gasteiger partial charge in [-0.15, -0.1) is 0 Å². The number of aliphatic hydroxyl groups excluding tert-OH is 2. The molecule has 36 heavy (non-hydrogen) atoms. The third kappa shape index (κ3) is 3.17. The molecule has 1 amide bonds. The molecule has 1 aromatic rings. The molecule has 0 radical (unpaired) electrons. The summed E-state index contributed by atoms with van der Waals surface area (Å²) in [5, 5.41) is 44.2. The highest BCUT2D eigenvalue weighted by Crippen LogP contribution is 2.54. The molecule has 0 aliphatic heterocycles. The SMILES string of the molecule is CN(C)c1cc(C(=O)F)c(O)c2c1C[C@H]1C[C@H]3[C@H](N(C)C)C(=O)C(C(N)=O)=C(O)[C@@]3(O)C(=O)C1=C2O. The highest BCUT2D eigenvalue weighted by molar-refractivity contribution is 6.24. The maximum Gasteiger partial charge on any atom is 0.335 e. The van der Waals surface area contributed by atoms with Crippen molar-refractivity contribution in [1.29, 1.82) is 0 Å². The first kappa shape index (κ1) is 25.3. The van der Waals surface area contributed by atoms with Gasteiger partial charge in [-0.05, 0) is 44.5 Å². The summed E-state index contributed by atoms with van der Waals surface area (Å²) < 4.78 is 13.7. The summed E-state index contributed by atoms with van der Waals surface area (Å²) in [5.74, 6) is -8.24. The van der Waals surface area contributed by atoms with Crippen LogP contribution in [-0.4, -0.2) is 88.7 Å². The Bertz CT molecular complexity index is 1310. The number of carbonyl (C=O) groups excluding carboxylic acids is 4. The number of hydrogen-bond donors (Lipinski definition) is 5. The first-order valence-corrected chi connectivity index (χ1v) is 11.1. The van der Waals surface area contributed by atoms with Crippen LogP contribution < -0.4 is 10.6 Å². The van der Waals surface area contributed by atoms with E-state index in [2.05, 4.69) is 0 Å². The van der Waals surface area contributed by atoms with Crippen LogP contribution in [0, 0.1) is 11.8 Å². The molecule has 0 heterocycles. The van der Waals surface area contributed by atoms with Crippen molar-refractivity contribution < 1.29 is 44.0 Å². The number of phenols is 1. The van der Waals surface area contributed by atoms with Crippen LogP contribution >= 0.6 is 0 Å². The minimum absolute atomic E-state index is 0.0242. The zero-order valence-electron chi connectivity index (χ0n) is 20.0. The minimum Gasteiger partial charge on any atom is -0.508 e. The largest absolute Gasteiger partial charge is 0.508 e. The number of nitrogens with two attached hydrogens (primary N) is 1. The number of Topliss-reactive ketones (excluding diaryl/α,β-unsaturated/α-hetero) is 2. The molecule has 0 spiro atoms. The number of hydrogen-bond acceptors (Lipinski definition) is 10. The summed E-state index contributed by atoms with van der Waals surface area (Å²) in [7, 11) is 6.22. The lowest BCUT2D eigenvalue weighted by molar-refractivity contribution is -0.153. The van der Waals surface area contributed by atoms with Gasteiger partial charge < -0.3 is 31.1 Å². The molecule has 12 heteroatoms. The molecule has 4 atom stereocenters. The fourth-order valence-corrected chi connectivity index (χ4v) is 5.84. The maximum atomic E-state index is 13.8. The Kier molecular flexibility index (Phi) is 5.72. The van der Waals surface area contributed by atoms with Crippen LogP contribution in [0.15, 0.2) is 23.0 Å². The van der Waals surface area contributed by atoms with Crippen LogP contribution in [0.2, 0.25) is 0 Å². The lowest BCUT2D eigenvalue weighted by Crippen LogP contribution is -2.65. The van der Waals surface area contributed by atoms with Gasteiger partial charge in [-0.1, -0.05) is 0 Å². The van der Waals surface area contributed by atoms with Crippen LogP contribution in [-0.2, 0) is 20.8 Å². The second kappa shape index (κ2) is 8.14. The highest BCUT2D eigenvalue weighted by atomic mass is 19.1. The number of amides is 1. The van der Waals surface area contributed by atoms with E-state index in [9.17, 15) is 44.0 Å². The Morgan fingerprint density at radius 3 is 2.25 bits per heavy atom. The van der Waals surface area contributed by atoms with Gasteiger partial charge >= 0.3 is 6.04 Å². The molecule has 3 aliphatic carbocycles. The van der Waals surface area contributed by atoms with E-state index in [-0.39, 0.29) is 24.0 Å². The number of rotatable bonds is 4. The molecule has 0 saturated heterocycles. The van der Waals surface area contributed by atoms with Gasteiger partial charge in [0.2, 0.25) is 5.78 Å². The number of nitrogens with zero attached hydrogens (tertiary/aromatic N) is 2. The van der Waals surface area contributed by atoms with E-state index in [1.54, 1.807) is 19.0 Å². The third-order valence-corrected chi connectivity index (χ3v) is 7.39. The van der Waals surface area contributed by atoms with Gasteiger partial charge in [0, 0.05) is 31.3 Å². The molecular weight excluding hydrogens is 477 g/mol. The molecule has 1 aromatic carbocycles. The molecule has 11 nitrogen and oxygen atoms in total. The van der Waals surface area contributed by atoms with E-state index in [1.807, 2.05) is 0 Å². The number of aliphatic hydroxyl groups is 3. The molecule has 0 bridgehead atoms. The Balaban J connectivity index is 2.03. The second-order valence-electron chi connectivity index (χ2n) is 9.78. The van der Waals surface area contributed by atoms with E-state index in [1.165, 1.54) is 19.0 Å². The smallest absolute Gasteiger partial charge is 0.335 e. The Morgan fingerprint density at radius 1 is 1.14 bits per heavy atom. The Labute approximate surface area is 204 Å². The van der Waals surface area contributed by atoms with Crippen molar-refractivity contribution in [3.05, 3.63) is 39.7 Å². The lowest BCUT2D eigenvalue weighted by Gasteiger charge is -2.50. The maximum absolute atomic E-state index is 13.8. The number of anilines is 1. The predicted molar refractivity (Wildman–Crippen MR) is 124 cm³/mol. The number of benzene rings is 1. The first-order valence-electron chi connectivity index (χ1n) is 11.1.